The summed E-state index contributed by atoms with van der Waals surface area (Å²) < 4.78 is 12.9. The maximum absolute atomic E-state index is 12.9. The highest BCUT2D eigenvalue weighted by atomic mass is 19.1. The molecule has 0 bridgehead atoms. The molecule has 1 atom stereocenters. The van der Waals surface area contributed by atoms with Crippen LogP contribution in [0.5, 0.6) is 0 Å². The first-order chi connectivity index (χ1) is 14.2. The van der Waals surface area contributed by atoms with Crippen LogP contribution in [0, 0.1) is 11.8 Å². The lowest BCUT2D eigenvalue weighted by Gasteiger charge is -2.11. The Morgan fingerprint density at radius 3 is 2.48 bits per heavy atom. The molecule has 3 heteroatoms. The van der Waals surface area contributed by atoms with E-state index in [1.807, 2.05) is 24.5 Å². The standard InChI is InChI=1S/C26H25FN2/c1-3-7-21-10-13-23(14-11-21)26-16-22(9-6-4-5-8-20(2)27)12-15-25(26)24-17-28-19-29-18-24/h3,10-20H,1,4-5,7-8H2,2H3. The summed E-state index contributed by atoms with van der Waals surface area (Å²) in [5.74, 6) is 6.39. The second-order valence-corrected chi connectivity index (χ2v) is 7.05. The van der Waals surface area contributed by atoms with Gasteiger partial charge in [0.2, 0.25) is 0 Å². The van der Waals surface area contributed by atoms with Crippen LogP contribution < -0.4 is 0 Å². The molecular weight excluding hydrogens is 359 g/mol. The molecule has 0 amide bonds. The molecule has 146 valence electrons. The second-order valence-electron chi connectivity index (χ2n) is 7.05. The summed E-state index contributed by atoms with van der Waals surface area (Å²) in [5.41, 5.74) is 6.42. The van der Waals surface area contributed by atoms with E-state index in [0.717, 1.165) is 40.7 Å². The minimum Gasteiger partial charge on any atom is -0.248 e. The summed E-state index contributed by atoms with van der Waals surface area (Å²) in [5, 5.41) is 0. The number of hydrogen-bond acceptors (Lipinski definition) is 2. The molecule has 0 fully saturated rings. The normalized spacial score (nSPS) is 11.4. The fraction of sp³-hybridized carbons (Fsp3) is 0.231. The average molecular weight is 384 g/mol. The van der Waals surface area contributed by atoms with E-state index in [4.69, 9.17) is 0 Å². The van der Waals surface area contributed by atoms with Gasteiger partial charge in [-0.2, -0.15) is 0 Å². The Balaban J connectivity index is 1.93. The van der Waals surface area contributed by atoms with E-state index in [2.05, 4.69) is 64.8 Å². The molecule has 29 heavy (non-hydrogen) atoms. The largest absolute Gasteiger partial charge is 0.248 e. The van der Waals surface area contributed by atoms with Gasteiger partial charge in [0.15, 0.2) is 0 Å². The van der Waals surface area contributed by atoms with Gasteiger partial charge in [-0.25, -0.2) is 14.4 Å². The molecule has 1 heterocycles. The van der Waals surface area contributed by atoms with E-state index in [9.17, 15) is 4.39 Å². The first-order valence-corrected chi connectivity index (χ1v) is 9.90. The zero-order chi connectivity index (χ0) is 20.5. The van der Waals surface area contributed by atoms with Crippen molar-refractivity contribution in [1.82, 2.24) is 9.97 Å². The van der Waals surface area contributed by atoms with Gasteiger partial charge >= 0.3 is 0 Å². The maximum atomic E-state index is 12.9. The molecule has 0 aliphatic heterocycles. The lowest BCUT2D eigenvalue weighted by molar-refractivity contribution is 0.336. The van der Waals surface area contributed by atoms with Crippen molar-refractivity contribution in [3.63, 3.8) is 0 Å². The predicted molar refractivity (Wildman–Crippen MR) is 118 cm³/mol. The number of benzene rings is 2. The van der Waals surface area contributed by atoms with Crippen molar-refractivity contribution >= 4 is 0 Å². The Morgan fingerprint density at radius 2 is 1.79 bits per heavy atom. The lowest BCUT2D eigenvalue weighted by atomic mass is 9.93. The van der Waals surface area contributed by atoms with Crippen molar-refractivity contribution in [2.75, 3.05) is 0 Å². The van der Waals surface area contributed by atoms with Crippen molar-refractivity contribution in [1.29, 1.82) is 0 Å². The van der Waals surface area contributed by atoms with Crippen molar-refractivity contribution < 1.29 is 4.39 Å². The van der Waals surface area contributed by atoms with Gasteiger partial charge in [-0.15, -0.1) is 6.58 Å². The third kappa shape index (κ3) is 5.86. The molecule has 0 saturated heterocycles. The number of unbranched alkanes of at least 4 members (excludes halogenated alkanes) is 1. The molecule has 0 spiro atoms. The Labute approximate surface area is 172 Å². The SMILES string of the molecule is C=CCc1ccc(-c2cc(C#CCCCC(C)F)ccc2-c2cncnc2)cc1. The first-order valence-electron chi connectivity index (χ1n) is 9.90. The van der Waals surface area contributed by atoms with Crippen molar-refractivity contribution in [3.8, 4) is 34.1 Å². The minimum atomic E-state index is -0.764. The fourth-order valence-corrected chi connectivity index (χ4v) is 3.17. The van der Waals surface area contributed by atoms with Gasteiger partial charge in [-0.05, 0) is 60.6 Å². The number of hydrogen-bond donors (Lipinski definition) is 0. The van der Waals surface area contributed by atoms with Crippen LogP contribution in [0.15, 0.2) is 73.8 Å². The van der Waals surface area contributed by atoms with Crippen LogP contribution >= 0.6 is 0 Å². The van der Waals surface area contributed by atoms with Crippen LogP contribution in [0.4, 0.5) is 4.39 Å². The third-order valence-electron chi connectivity index (χ3n) is 4.67. The van der Waals surface area contributed by atoms with Gasteiger partial charge in [0.1, 0.15) is 6.33 Å². The summed E-state index contributed by atoms with van der Waals surface area (Å²) in [7, 11) is 0. The number of aromatic nitrogens is 2. The highest BCUT2D eigenvalue weighted by molar-refractivity contribution is 5.84. The molecule has 0 N–H and O–H groups in total. The highest BCUT2D eigenvalue weighted by Gasteiger charge is 2.09. The van der Waals surface area contributed by atoms with Crippen molar-refractivity contribution in [3.05, 3.63) is 85.0 Å². The molecule has 2 aromatic carbocycles. The van der Waals surface area contributed by atoms with Crippen molar-refractivity contribution in [2.24, 2.45) is 0 Å². The Hall–Kier alpha value is -3.25. The minimum absolute atomic E-state index is 0.559. The molecule has 0 aliphatic rings. The van der Waals surface area contributed by atoms with E-state index in [1.165, 1.54) is 11.9 Å². The predicted octanol–water partition coefficient (Wildman–Crippen LogP) is 6.42. The van der Waals surface area contributed by atoms with Crippen LogP contribution in [0.3, 0.4) is 0 Å². The smallest absolute Gasteiger partial charge is 0.115 e. The quantitative estimate of drug-likeness (QED) is 0.267. The van der Waals surface area contributed by atoms with Crippen LogP contribution in [0.2, 0.25) is 0 Å². The Kier molecular flexibility index (Phi) is 7.30. The van der Waals surface area contributed by atoms with Crippen molar-refractivity contribution in [2.45, 2.75) is 38.8 Å². The molecule has 1 aromatic heterocycles. The van der Waals surface area contributed by atoms with E-state index in [0.29, 0.717) is 12.8 Å². The van der Waals surface area contributed by atoms with Crippen LogP contribution in [-0.2, 0) is 6.42 Å². The highest BCUT2D eigenvalue weighted by Crippen LogP contribution is 2.32. The molecule has 3 aromatic rings. The van der Waals surface area contributed by atoms with E-state index in [-0.39, 0.29) is 0 Å². The summed E-state index contributed by atoms with van der Waals surface area (Å²) >= 11 is 0. The molecular formula is C26H25FN2. The zero-order valence-corrected chi connectivity index (χ0v) is 16.7. The Morgan fingerprint density at radius 1 is 1.03 bits per heavy atom. The topological polar surface area (TPSA) is 25.8 Å². The van der Waals surface area contributed by atoms with Gasteiger partial charge in [0, 0.05) is 29.9 Å². The fourth-order valence-electron chi connectivity index (χ4n) is 3.17. The number of allylic oxidation sites excluding steroid dienone is 1. The molecule has 0 saturated carbocycles. The zero-order valence-electron chi connectivity index (χ0n) is 16.7. The van der Waals surface area contributed by atoms with Crippen LogP contribution in [0.25, 0.3) is 22.3 Å². The van der Waals surface area contributed by atoms with Crippen LogP contribution in [-0.4, -0.2) is 16.1 Å². The summed E-state index contributed by atoms with van der Waals surface area (Å²) in [4.78, 5) is 8.32. The average Bonchev–Trinajstić information content (AvgIpc) is 2.75. The summed E-state index contributed by atoms with van der Waals surface area (Å²) in [6, 6.07) is 14.7. The van der Waals surface area contributed by atoms with Gasteiger partial charge in [-0.3, -0.25) is 0 Å². The number of nitrogens with zero attached hydrogens (tertiary/aromatic N) is 2. The van der Waals surface area contributed by atoms with Gasteiger partial charge in [0.05, 0.1) is 6.17 Å². The third-order valence-corrected chi connectivity index (χ3v) is 4.67. The molecule has 3 rings (SSSR count). The van der Waals surface area contributed by atoms with Gasteiger partial charge < -0.3 is 0 Å². The van der Waals surface area contributed by atoms with E-state index in [1.54, 1.807) is 6.92 Å². The van der Waals surface area contributed by atoms with Gasteiger partial charge in [-0.1, -0.05) is 48.2 Å². The van der Waals surface area contributed by atoms with Gasteiger partial charge in [0.25, 0.3) is 0 Å². The first kappa shape index (κ1) is 20.5. The van der Waals surface area contributed by atoms with E-state index >= 15 is 0 Å². The summed E-state index contributed by atoms with van der Waals surface area (Å²) in [6.45, 7) is 5.39. The molecule has 0 radical (unpaired) electrons. The summed E-state index contributed by atoms with van der Waals surface area (Å²) in [6.07, 6.45) is 9.21. The number of rotatable bonds is 7. The second kappa shape index (κ2) is 10.3. The number of alkyl halides is 1. The number of halogens is 1. The molecule has 2 nitrogen and oxygen atoms in total. The Bertz CT molecular complexity index is 996. The maximum Gasteiger partial charge on any atom is 0.115 e. The van der Waals surface area contributed by atoms with E-state index < -0.39 is 6.17 Å². The lowest BCUT2D eigenvalue weighted by Crippen LogP contribution is -1.91. The monoisotopic (exact) mass is 384 g/mol. The molecule has 0 aliphatic carbocycles. The van der Waals surface area contributed by atoms with Crippen LogP contribution in [0.1, 0.15) is 37.3 Å². The molecule has 1 unspecified atom stereocenters.